The normalized spacial score (nSPS) is 22.7. The number of ether oxygens (including phenoxy) is 2. The first-order valence-electron chi connectivity index (χ1n) is 14.3. The summed E-state index contributed by atoms with van der Waals surface area (Å²) in [5.74, 6) is 0.211. The molecule has 0 unspecified atom stereocenters. The molecular formula is C30H44N6O4. The zero-order chi connectivity index (χ0) is 28.9. The fraction of sp³-hybridized carbons (Fsp3) is 0.600. The van der Waals surface area contributed by atoms with Crippen molar-refractivity contribution in [1.29, 1.82) is 0 Å². The van der Waals surface area contributed by atoms with Gasteiger partial charge in [0.05, 0.1) is 12.2 Å². The predicted molar refractivity (Wildman–Crippen MR) is 154 cm³/mol. The highest BCUT2D eigenvalue weighted by Crippen LogP contribution is 2.24. The van der Waals surface area contributed by atoms with Crippen LogP contribution in [0, 0.1) is 0 Å². The summed E-state index contributed by atoms with van der Waals surface area (Å²) in [6.45, 7) is 17.6. The SMILES string of the molecule is CCOC(=O)c1cnc(N2CCN(C[C@H]3CN(C(=O)OC(C)(C)C)[C@H](C)CN3Cc3ccccc3)[C@H](C)C2)nc1. The first-order valence-corrected chi connectivity index (χ1v) is 14.3. The van der Waals surface area contributed by atoms with E-state index in [1.165, 1.54) is 18.0 Å². The molecule has 3 atom stereocenters. The molecule has 2 aromatic rings. The lowest BCUT2D eigenvalue weighted by molar-refractivity contribution is -0.0227. The van der Waals surface area contributed by atoms with Crippen molar-refractivity contribution in [2.75, 3.05) is 50.8 Å². The number of piperazine rings is 2. The lowest BCUT2D eigenvalue weighted by Gasteiger charge is -2.48. The molecule has 2 fully saturated rings. The van der Waals surface area contributed by atoms with E-state index in [4.69, 9.17) is 9.47 Å². The van der Waals surface area contributed by atoms with E-state index in [0.717, 1.165) is 39.3 Å². The van der Waals surface area contributed by atoms with Gasteiger partial charge in [-0.2, -0.15) is 0 Å². The summed E-state index contributed by atoms with van der Waals surface area (Å²) in [6, 6.07) is 11.0. The fourth-order valence-electron chi connectivity index (χ4n) is 5.39. The van der Waals surface area contributed by atoms with Crippen LogP contribution in [-0.4, -0.2) is 106 Å². The maximum absolute atomic E-state index is 13.1. The van der Waals surface area contributed by atoms with Crippen LogP contribution in [0.5, 0.6) is 0 Å². The highest BCUT2D eigenvalue weighted by Gasteiger charge is 2.38. The van der Waals surface area contributed by atoms with Crippen LogP contribution in [0.4, 0.5) is 10.7 Å². The molecule has 0 N–H and O–H groups in total. The molecule has 10 nitrogen and oxygen atoms in total. The Kier molecular flexibility index (Phi) is 9.63. The van der Waals surface area contributed by atoms with Gasteiger partial charge in [-0.3, -0.25) is 9.80 Å². The number of benzene rings is 1. The molecule has 0 saturated carbocycles. The molecule has 1 aromatic carbocycles. The molecule has 0 bridgehead atoms. The number of carbonyl (C=O) groups is 2. The highest BCUT2D eigenvalue weighted by atomic mass is 16.6. The molecule has 2 saturated heterocycles. The van der Waals surface area contributed by atoms with E-state index in [1.807, 2.05) is 31.7 Å². The number of rotatable bonds is 7. The molecule has 2 aliphatic rings. The Bertz CT molecular complexity index is 1120. The largest absolute Gasteiger partial charge is 0.462 e. The van der Waals surface area contributed by atoms with Crippen molar-refractivity contribution in [3.8, 4) is 0 Å². The second-order valence-electron chi connectivity index (χ2n) is 11.8. The highest BCUT2D eigenvalue weighted by molar-refractivity contribution is 5.88. The van der Waals surface area contributed by atoms with Crippen LogP contribution in [-0.2, 0) is 16.0 Å². The minimum atomic E-state index is -0.533. The summed E-state index contributed by atoms with van der Waals surface area (Å²) in [4.78, 5) is 43.0. The summed E-state index contributed by atoms with van der Waals surface area (Å²) in [7, 11) is 0. The van der Waals surface area contributed by atoms with E-state index in [0.29, 0.717) is 24.7 Å². The molecule has 0 aliphatic carbocycles. The smallest absolute Gasteiger partial charge is 0.410 e. The number of nitrogens with zero attached hydrogens (tertiary/aromatic N) is 6. The number of esters is 1. The van der Waals surface area contributed by atoms with Crippen LogP contribution < -0.4 is 4.90 Å². The van der Waals surface area contributed by atoms with Crippen LogP contribution >= 0.6 is 0 Å². The van der Waals surface area contributed by atoms with Gasteiger partial charge in [-0.25, -0.2) is 19.6 Å². The Morgan fingerprint density at radius 2 is 1.65 bits per heavy atom. The minimum Gasteiger partial charge on any atom is -0.462 e. The van der Waals surface area contributed by atoms with E-state index in [-0.39, 0.29) is 24.2 Å². The third-order valence-corrected chi connectivity index (χ3v) is 7.45. The summed E-state index contributed by atoms with van der Waals surface area (Å²) in [6.07, 6.45) is 2.83. The van der Waals surface area contributed by atoms with Crippen LogP contribution in [0.3, 0.4) is 0 Å². The van der Waals surface area contributed by atoms with Gasteiger partial charge in [-0.1, -0.05) is 30.3 Å². The fourth-order valence-corrected chi connectivity index (χ4v) is 5.39. The molecule has 1 amide bonds. The minimum absolute atomic E-state index is 0.0545. The molecule has 3 heterocycles. The molecular weight excluding hydrogens is 508 g/mol. The van der Waals surface area contributed by atoms with Crippen molar-refractivity contribution in [3.63, 3.8) is 0 Å². The average Bonchev–Trinajstić information content (AvgIpc) is 2.91. The molecule has 4 rings (SSSR count). The van der Waals surface area contributed by atoms with Gasteiger partial charge in [-0.15, -0.1) is 0 Å². The molecule has 1 aromatic heterocycles. The van der Waals surface area contributed by atoms with Crippen molar-refractivity contribution >= 4 is 18.0 Å². The van der Waals surface area contributed by atoms with Gasteiger partial charge in [0.25, 0.3) is 0 Å². The standard InChI is InChI=1S/C30H44N6O4/c1-7-39-27(37)25-15-31-28(32-16-25)34-14-13-33(22(2)17-34)20-26-21-36(29(38)40-30(4,5)6)23(3)18-35(26)19-24-11-9-8-10-12-24/h8-12,15-16,22-23,26H,7,13-14,17-21H2,1-6H3/t22-,23-,26+/m1/s1. The summed E-state index contributed by atoms with van der Waals surface area (Å²) in [5.41, 5.74) is 1.10. The Balaban J connectivity index is 1.44. The quantitative estimate of drug-likeness (QED) is 0.477. The molecule has 10 heteroatoms. The van der Waals surface area contributed by atoms with Gasteiger partial charge in [-0.05, 0) is 47.1 Å². The van der Waals surface area contributed by atoms with Crippen molar-refractivity contribution in [1.82, 2.24) is 24.7 Å². The van der Waals surface area contributed by atoms with Crippen LogP contribution in [0.25, 0.3) is 0 Å². The molecule has 0 radical (unpaired) electrons. The second-order valence-corrected chi connectivity index (χ2v) is 11.8. The van der Waals surface area contributed by atoms with E-state index in [1.54, 1.807) is 6.92 Å². The zero-order valence-corrected chi connectivity index (χ0v) is 24.7. The van der Waals surface area contributed by atoms with Gasteiger partial charge < -0.3 is 19.3 Å². The number of anilines is 1. The van der Waals surface area contributed by atoms with Crippen molar-refractivity contribution in [3.05, 3.63) is 53.9 Å². The molecule has 2 aliphatic heterocycles. The number of carbonyl (C=O) groups excluding carboxylic acids is 2. The topological polar surface area (TPSA) is 91.3 Å². The maximum Gasteiger partial charge on any atom is 0.410 e. The Morgan fingerprint density at radius 3 is 2.27 bits per heavy atom. The monoisotopic (exact) mass is 552 g/mol. The number of amides is 1. The van der Waals surface area contributed by atoms with E-state index >= 15 is 0 Å². The molecule has 218 valence electrons. The van der Waals surface area contributed by atoms with E-state index in [9.17, 15) is 9.59 Å². The average molecular weight is 553 g/mol. The van der Waals surface area contributed by atoms with Crippen molar-refractivity contribution in [2.45, 2.75) is 71.8 Å². The third kappa shape index (κ3) is 7.69. The first-order chi connectivity index (χ1) is 19.0. The Morgan fingerprint density at radius 1 is 0.950 bits per heavy atom. The number of hydrogen-bond donors (Lipinski definition) is 0. The van der Waals surface area contributed by atoms with E-state index in [2.05, 4.69) is 62.8 Å². The lowest BCUT2D eigenvalue weighted by atomic mass is 10.0. The van der Waals surface area contributed by atoms with Gasteiger partial charge in [0.2, 0.25) is 5.95 Å². The van der Waals surface area contributed by atoms with Crippen LogP contribution in [0.15, 0.2) is 42.7 Å². The van der Waals surface area contributed by atoms with Gasteiger partial charge in [0, 0.05) is 76.3 Å². The number of aromatic nitrogens is 2. The van der Waals surface area contributed by atoms with E-state index < -0.39 is 11.6 Å². The van der Waals surface area contributed by atoms with Crippen molar-refractivity contribution < 1.29 is 19.1 Å². The summed E-state index contributed by atoms with van der Waals surface area (Å²) >= 11 is 0. The predicted octanol–water partition coefficient (Wildman–Crippen LogP) is 3.67. The van der Waals surface area contributed by atoms with Crippen molar-refractivity contribution in [2.24, 2.45) is 0 Å². The maximum atomic E-state index is 13.1. The van der Waals surface area contributed by atoms with Gasteiger partial charge >= 0.3 is 12.1 Å². The summed E-state index contributed by atoms with van der Waals surface area (Å²) in [5, 5.41) is 0. The second kappa shape index (κ2) is 13.0. The third-order valence-electron chi connectivity index (χ3n) is 7.45. The molecule has 0 spiro atoms. The summed E-state index contributed by atoms with van der Waals surface area (Å²) < 4.78 is 10.8. The zero-order valence-electron chi connectivity index (χ0n) is 24.7. The van der Waals surface area contributed by atoms with Crippen LogP contribution in [0.1, 0.15) is 57.5 Å². The first kappa shape index (κ1) is 29.7. The Labute approximate surface area is 238 Å². The van der Waals surface area contributed by atoms with Crippen LogP contribution in [0.2, 0.25) is 0 Å². The van der Waals surface area contributed by atoms with Gasteiger partial charge in [0.15, 0.2) is 0 Å². The van der Waals surface area contributed by atoms with Gasteiger partial charge in [0.1, 0.15) is 5.60 Å². The number of hydrogen-bond acceptors (Lipinski definition) is 9. The molecule has 40 heavy (non-hydrogen) atoms. The Hall–Kier alpha value is -3.24. The lowest BCUT2D eigenvalue weighted by Crippen LogP contribution is -2.63.